The molecule has 3 rings (SSSR count). The summed E-state index contributed by atoms with van der Waals surface area (Å²) in [5.74, 6) is -0.668. The molecule has 1 aliphatic rings. The van der Waals surface area contributed by atoms with Crippen molar-refractivity contribution in [3.63, 3.8) is 0 Å². The second-order valence-corrected chi connectivity index (χ2v) is 6.56. The summed E-state index contributed by atoms with van der Waals surface area (Å²) in [5, 5.41) is 13.3. The lowest BCUT2D eigenvalue weighted by Crippen LogP contribution is -2.53. The maximum atomic E-state index is 13.5. The molecular weight excluding hydrogens is 345 g/mol. The maximum Gasteiger partial charge on any atom is 0.251 e. The van der Waals surface area contributed by atoms with Crippen LogP contribution in [-0.2, 0) is 6.54 Å². The first kappa shape index (κ1) is 17.8. The lowest BCUT2D eigenvalue weighted by atomic mass is 10.0. The van der Waals surface area contributed by atoms with Crippen LogP contribution in [0.3, 0.4) is 0 Å². The normalized spacial score (nSPS) is 21.1. The van der Waals surface area contributed by atoms with Gasteiger partial charge in [0, 0.05) is 37.6 Å². The minimum atomic E-state index is -0.684. The van der Waals surface area contributed by atoms with E-state index in [0.717, 1.165) is 5.56 Å². The van der Waals surface area contributed by atoms with Crippen LogP contribution in [0.2, 0.25) is 5.02 Å². The highest BCUT2D eigenvalue weighted by molar-refractivity contribution is 6.30. The van der Waals surface area contributed by atoms with Crippen molar-refractivity contribution >= 4 is 17.5 Å². The van der Waals surface area contributed by atoms with Gasteiger partial charge in [0.2, 0.25) is 0 Å². The fraction of sp³-hybridized carbons (Fsp3) is 0.333. The number of hydrogen-bond acceptors (Lipinski definition) is 4. The molecule has 1 aromatic carbocycles. The SMILES string of the molecule is O=C(NC1CCN(Cc2ccc(Cl)c(F)c2)CC1O)c1ccncc1. The summed E-state index contributed by atoms with van der Waals surface area (Å²) in [5.41, 5.74) is 1.31. The van der Waals surface area contributed by atoms with E-state index < -0.39 is 11.9 Å². The number of aromatic nitrogens is 1. The quantitative estimate of drug-likeness (QED) is 0.874. The van der Waals surface area contributed by atoms with E-state index >= 15 is 0 Å². The molecule has 1 saturated heterocycles. The Bertz CT molecular complexity index is 744. The fourth-order valence-electron chi connectivity index (χ4n) is 2.96. The zero-order valence-corrected chi connectivity index (χ0v) is 14.3. The molecule has 132 valence electrons. The number of aliphatic hydroxyl groups is 1. The number of β-amino-alcohol motifs (C(OH)–C–C–N with tert-alkyl or cyclic N) is 1. The smallest absolute Gasteiger partial charge is 0.251 e. The molecule has 2 N–H and O–H groups in total. The fourth-order valence-corrected chi connectivity index (χ4v) is 3.08. The van der Waals surface area contributed by atoms with Crippen LogP contribution in [-0.4, -0.2) is 46.1 Å². The molecule has 7 heteroatoms. The van der Waals surface area contributed by atoms with Gasteiger partial charge >= 0.3 is 0 Å². The van der Waals surface area contributed by atoms with Gasteiger partial charge in [0.25, 0.3) is 5.91 Å². The van der Waals surface area contributed by atoms with Crippen LogP contribution >= 0.6 is 11.6 Å². The monoisotopic (exact) mass is 363 g/mol. The van der Waals surface area contributed by atoms with Gasteiger partial charge in [-0.3, -0.25) is 14.7 Å². The van der Waals surface area contributed by atoms with Crippen LogP contribution in [0.5, 0.6) is 0 Å². The van der Waals surface area contributed by atoms with Crippen molar-refractivity contribution in [2.45, 2.75) is 25.1 Å². The van der Waals surface area contributed by atoms with Crippen molar-refractivity contribution in [1.29, 1.82) is 0 Å². The predicted octanol–water partition coefficient (Wildman–Crippen LogP) is 2.24. The highest BCUT2D eigenvalue weighted by atomic mass is 35.5. The molecule has 1 aliphatic heterocycles. The first-order valence-corrected chi connectivity index (χ1v) is 8.46. The third-order valence-electron chi connectivity index (χ3n) is 4.32. The van der Waals surface area contributed by atoms with Crippen LogP contribution in [0.15, 0.2) is 42.7 Å². The molecule has 2 atom stereocenters. The average Bonchev–Trinajstić information content (AvgIpc) is 2.61. The van der Waals surface area contributed by atoms with Gasteiger partial charge in [0.05, 0.1) is 17.2 Å². The molecule has 2 aromatic rings. The van der Waals surface area contributed by atoms with E-state index in [-0.39, 0.29) is 17.0 Å². The highest BCUT2D eigenvalue weighted by Crippen LogP contribution is 2.19. The lowest BCUT2D eigenvalue weighted by molar-refractivity contribution is 0.0349. The number of benzene rings is 1. The number of pyridine rings is 1. The van der Waals surface area contributed by atoms with Gasteiger partial charge in [-0.15, -0.1) is 0 Å². The Hall–Kier alpha value is -2.02. The zero-order chi connectivity index (χ0) is 17.8. The summed E-state index contributed by atoms with van der Waals surface area (Å²) in [6.45, 7) is 1.63. The number of carbonyl (C=O) groups is 1. The number of amides is 1. The number of carbonyl (C=O) groups excluding carboxylic acids is 1. The summed E-state index contributed by atoms with van der Waals surface area (Å²) < 4.78 is 13.5. The van der Waals surface area contributed by atoms with E-state index in [4.69, 9.17) is 11.6 Å². The Morgan fingerprint density at radius 2 is 2.12 bits per heavy atom. The Kier molecular flexibility index (Phi) is 5.63. The maximum absolute atomic E-state index is 13.5. The highest BCUT2D eigenvalue weighted by Gasteiger charge is 2.29. The van der Waals surface area contributed by atoms with Gasteiger partial charge in [-0.2, -0.15) is 0 Å². The number of piperidine rings is 1. The van der Waals surface area contributed by atoms with Gasteiger partial charge in [0.15, 0.2) is 0 Å². The number of halogens is 2. The van der Waals surface area contributed by atoms with Gasteiger partial charge in [0.1, 0.15) is 5.82 Å². The van der Waals surface area contributed by atoms with Crippen molar-refractivity contribution in [1.82, 2.24) is 15.2 Å². The lowest BCUT2D eigenvalue weighted by Gasteiger charge is -2.36. The Morgan fingerprint density at radius 3 is 2.80 bits per heavy atom. The molecule has 1 amide bonds. The topological polar surface area (TPSA) is 65.5 Å². The molecule has 2 heterocycles. The van der Waals surface area contributed by atoms with Gasteiger partial charge in [-0.1, -0.05) is 17.7 Å². The molecule has 0 radical (unpaired) electrons. The second-order valence-electron chi connectivity index (χ2n) is 6.16. The first-order valence-electron chi connectivity index (χ1n) is 8.08. The van der Waals surface area contributed by atoms with Crippen molar-refractivity contribution < 1.29 is 14.3 Å². The van der Waals surface area contributed by atoms with E-state index in [1.54, 1.807) is 30.6 Å². The summed E-state index contributed by atoms with van der Waals surface area (Å²) in [6, 6.07) is 7.67. The largest absolute Gasteiger partial charge is 0.390 e. The Labute approximate surface area is 150 Å². The molecule has 1 aromatic heterocycles. The predicted molar refractivity (Wildman–Crippen MR) is 92.8 cm³/mol. The van der Waals surface area contributed by atoms with E-state index in [1.165, 1.54) is 12.1 Å². The van der Waals surface area contributed by atoms with E-state index in [9.17, 15) is 14.3 Å². The van der Waals surface area contributed by atoms with Gasteiger partial charge < -0.3 is 10.4 Å². The molecular formula is C18H19ClFN3O2. The van der Waals surface area contributed by atoms with Crippen LogP contribution in [0.4, 0.5) is 4.39 Å². The average molecular weight is 364 g/mol. The molecule has 1 fully saturated rings. The molecule has 2 unspecified atom stereocenters. The standard InChI is InChI=1S/C18H19ClFN3O2/c19-14-2-1-12(9-15(14)20)10-23-8-5-16(17(24)11-23)22-18(25)13-3-6-21-7-4-13/h1-4,6-7,9,16-17,24H,5,8,10-11H2,(H,22,25). The number of nitrogens with one attached hydrogen (secondary N) is 1. The molecule has 0 aliphatic carbocycles. The van der Waals surface area contributed by atoms with E-state index in [1.807, 2.05) is 4.90 Å². The van der Waals surface area contributed by atoms with E-state index in [0.29, 0.717) is 31.6 Å². The summed E-state index contributed by atoms with van der Waals surface area (Å²) >= 11 is 5.69. The molecule has 0 saturated carbocycles. The van der Waals surface area contributed by atoms with Crippen LogP contribution < -0.4 is 5.32 Å². The summed E-state index contributed by atoms with van der Waals surface area (Å²) in [7, 11) is 0. The second kappa shape index (κ2) is 7.91. The third-order valence-corrected chi connectivity index (χ3v) is 4.62. The van der Waals surface area contributed by atoms with Crippen LogP contribution in [0, 0.1) is 5.82 Å². The minimum absolute atomic E-state index is 0.0984. The van der Waals surface area contributed by atoms with Crippen molar-refractivity contribution in [2.24, 2.45) is 0 Å². The zero-order valence-electron chi connectivity index (χ0n) is 13.5. The van der Waals surface area contributed by atoms with Gasteiger partial charge in [-0.25, -0.2) is 4.39 Å². The molecule has 25 heavy (non-hydrogen) atoms. The van der Waals surface area contributed by atoms with Crippen molar-refractivity contribution in [3.05, 3.63) is 64.7 Å². The van der Waals surface area contributed by atoms with Crippen LogP contribution in [0.25, 0.3) is 0 Å². The Balaban J connectivity index is 1.55. The molecule has 0 spiro atoms. The summed E-state index contributed by atoms with van der Waals surface area (Å²) in [6.07, 6.45) is 3.04. The first-order chi connectivity index (χ1) is 12.0. The van der Waals surface area contributed by atoms with Crippen molar-refractivity contribution in [2.75, 3.05) is 13.1 Å². The van der Waals surface area contributed by atoms with E-state index in [2.05, 4.69) is 10.3 Å². The Morgan fingerprint density at radius 1 is 1.36 bits per heavy atom. The number of rotatable bonds is 4. The number of nitrogens with zero attached hydrogens (tertiary/aromatic N) is 2. The van der Waals surface area contributed by atoms with Crippen molar-refractivity contribution in [3.8, 4) is 0 Å². The number of aliphatic hydroxyl groups excluding tert-OH is 1. The minimum Gasteiger partial charge on any atom is -0.390 e. The number of hydrogen-bond donors (Lipinski definition) is 2. The molecule has 5 nitrogen and oxygen atoms in total. The van der Waals surface area contributed by atoms with Crippen LogP contribution in [0.1, 0.15) is 22.3 Å². The number of likely N-dealkylation sites (tertiary alicyclic amines) is 1. The third kappa shape index (κ3) is 4.54. The summed E-state index contributed by atoms with van der Waals surface area (Å²) in [4.78, 5) is 18.1. The molecule has 0 bridgehead atoms. The van der Waals surface area contributed by atoms with Gasteiger partial charge in [-0.05, 0) is 36.2 Å².